The van der Waals surface area contributed by atoms with E-state index < -0.39 is 0 Å². The van der Waals surface area contributed by atoms with Crippen molar-refractivity contribution in [1.82, 2.24) is 15.0 Å². The lowest BCUT2D eigenvalue weighted by molar-refractivity contribution is -0.135. The topological polar surface area (TPSA) is 68.5 Å². The van der Waals surface area contributed by atoms with Crippen molar-refractivity contribution in [1.29, 1.82) is 0 Å². The molecule has 25 heavy (non-hydrogen) atoms. The molecule has 3 atom stereocenters. The maximum Gasteiger partial charge on any atom is 0.227 e. The average Bonchev–Trinajstić information content (AvgIpc) is 3.19. The number of piperidine rings is 1. The van der Waals surface area contributed by atoms with Crippen LogP contribution in [0, 0.1) is 18.7 Å². The predicted molar refractivity (Wildman–Crippen MR) is 86.1 cm³/mol. The van der Waals surface area contributed by atoms with Gasteiger partial charge in [0.1, 0.15) is 11.9 Å². The molecule has 2 aliphatic heterocycles. The number of likely N-dealkylation sites (tertiary alicyclic amines) is 1. The third-order valence-corrected chi connectivity index (χ3v) is 4.98. The highest BCUT2D eigenvalue weighted by Gasteiger charge is 2.42. The third-order valence-electron chi connectivity index (χ3n) is 4.98. The van der Waals surface area contributed by atoms with Crippen molar-refractivity contribution in [2.45, 2.75) is 38.4 Å². The molecule has 0 radical (unpaired) electrons. The van der Waals surface area contributed by atoms with Crippen LogP contribution in [-0.2, 0) is 16.0 Å². The molecule has 1 aromatic heterocycles. The van der Waals surface area contributed by atoms with E-state index in [1.807, 2.05) is 4.90 Å². The van der Waals surface area contributed by atoms with E-state index in [-0.39, 0.29) is 30.4 Å². The van der Waals surface area contributed by atoms with Crippen molar-refractivity contribution in [2.75, 3.05) is 13.1 Å². The highest BCUT2D eigenvalue weighted by molar-refractivity contribution is 5.78. The summed E-state index contributed by atoms with van der Waals surface area (Å²) in [6.07, 6.45) is 1.80. The van der Waals surface area contributed by atoms with Gasteiger partial charge in [-0.2, -0.15) is 4.98 Å². The molecule has 0 N–H and O–H groups in total. The minimum absolute atomic E-state index is 0.00554. The fourth-order valence-electron chi connectivity index (χ4n) is 3.70. The van der Waals surface area contributed by atoms with Crippen LogP contribution < -0.4 is 0 Å². The molecule has 132 valence electrons. The van der Waals surface area contributed by atoms with Crippen LogP contribution in [-0.4, -0.2) is 40.1 Å². The summed E-state index contributed by atoms with van der Waals surface area (Å²) in [6, 6.07) is 6.19. The van der Waals surface area contributed by atoms with Gasteiger partial charge in [0.15, 0.2) is 0 Å². The monoisotopic (exact) mass is 345 g/mol. The van der Waals surface area contributed by atoms with Gasteiger partial charge in [-0.15, -0.1) is 0 Å². The van der Waals surface area contributed by atoms with E-state index in [1.165, 1.54) is 12.1 Å². The number of aromatic nitrogens is 2. The molecule has 3 heterocycles. The van der Waals surface area contributed by atoms with Crippen LogP contribution in [0.5, 0.6) is 0 Å². The second-order valence-corrected chi connectivity index (χ2v) is 6.77. The molecule has 7 heteroatoms. The Labute approximate surface area is 145 Å². The fraction of sp³-hybridized carbons (Fsp3) is 0.500. The number of hydrogen-bond donors (Lipinski definition) is 0. The number of amides is 1. The summed E-state index contributed by atoms with van der Waals surface area (Å²) in [5.41, 5.74) is 0.694. The fourth-order valence-corrected chi connectivity index (χ4v) is 3.70. The molecular weight excluding hydrogens is 325 g/mol. The first kappa shape index (κ1) is 16.2. The molecule has 2 saturated heterocycles. The third kappa shape index (κ3) is 3.42. The van der Waals surface area contributed by atoms with Crippen LogP contribution in [0.4, 0.5) is 4.39 Å². The van der Waals surface area contributed by atoms with Crippen molar-refractivity contribution in [3.8, 4) is 0 Å². The summed E-state index contributed by atoms with van der Waals surface area (Å²) in [5.74, 6) is 1.21. The van der Waals surface area contributed by atoms with Crippen LogP contribution in [0.1, 0.15) is 36.2 Å². The molecule has 2 fully saturated rings. The quantitative estimate of drug-likeness (QED) is 0.855. The Morgan fingerprint density at radius 2 is 2.32 bits per heavy atom. The number of benzene rings is 1. The van der Waals surface area contributed by atoms with Gasteiger partial charge in [-0.1, -0.05) is 17.3 Å². The number of fused-ring (bicyclic) bond motifs is 1. The van der Waals surface area contributed by atoms with Crippen molar-refractivity contribution >= 4 is 5.91 Å². The van der Waals surface area contributed by atoms with E-state index in [0.717, 1.165) is 12.8 Å². The summed E-state index contributed by atoms with van der Waals surface area (Å²) in [5, 5.41) is 3.95. The Bertz CT molecular complexity index is 778. The summed E-state index contributed by atoms with van der Waals surface area (Å²) in [7, 11) is 0. The minimum Gasteiger partial charge on any atom is -0.365 e. The number of aryl methyl sites for hydroxylation is 1. The summed E-state index contributed by atoms with van der Waals surface area (Å²) in [6.45, 7) is 3.02. The van der Waals surface area contributed by atoms with E-state index in [0.29, 0.717) is 36.3 Å². The highest BCUT2D eigenvalue weighted by atomic mass is 19.1. The zero-order valence-electron chi connectivity index (χ0n) is 14.0. The van der Waals surface area contributed by atoms with Gasteiger partial charge in [0.05, 0.1) is 12.5 Å². The molecule has 1 amide bonds. The molecule has 0 bridgehead atoms. The van der Waals surface area contributed by atoms with Crippen LogP contribution in [0.25, 0.3) is 0 Å². The Balaban J connectivity index is 1.38. The zero-order chi connectivity index (χ0) is 17.4. The highest BCUT2D eigenvalue weighted by Crippen LogP contribution is 2.40. The number of hydrogen-bond acceptors (Lipinski definition) is 5. The predicted octanol–water partition coefficient (Wildman–Crippen LogP) is 2.44. The molecule has 0 saturated carbocycles. The molecule has 0 aliphatic carbocycles. The van der Waals surface area contributed by atoms with Crippen molar-refractivity contribution in [3.63, 3.8) is 0 Å². The Kier molecular flexibility index (Phi) is 4.25. The van der Waals surface area contributed by atoms with Crippen LogP contribution >= 0.6 is 0 Å². The number of halogens is 1. The van der Waals surface area contributed by atoms with Gasteiger partial charge < -0.3 is 14.2 Å². The van der Waals surface area contributed by atoms with Gasteiger partial charge in [0.25, 0.3) is 0 Å². The minimum atomic E-state index is -0.318. The Morgan fingerprint density at radius 3 is 3.08 bits per heavy atom. The molecule has 2 aromatic rings. The number of rotatable bonds is 3. The van der Waals surface area contributed by atoms with Gasteiger partial charge in [-0.3, -0.25) is 4.79 Å². The normalized spacial score (nSPS) is 25.8. The van der Waals surface area contributed by atoms with Crippen molar-refractivity contribution in [2.24, 2.45) is 5.92 Å². The average molecular weight is 345 g/mol. The first-order valence-corrected chi connectivity index (χ1v) is 8.56. The molecule has 1 aromatic carbocycles. The first-order valence-electron chi connectivity index (χ1n) is 8.56. The van der Waals surface area contributed by atoms with Crippen LogP contribution in [0.2, 0.25) is 0 Å². The first-order chi connectivity index (χ1) is 12.1. The van der Waals surface area contributed by atoms with Gasteiger partial charge in [0, 0.05) is 20.0 Å². The van der Waals surface area contributed by atoms with E-state index in [9.17, 15) is 9.18 Å². The second-order valence-electron chi connectivity index (χ2n) is 6.77. The number of ether oxygens (including phenoxy) is 1. The zero-order valence-corrected chi connectivity index (χ0v) is 14.0. The van der Waals surface area contributed by atoms with Crippen LogP contribution in [0.15, 0.2) is 28.8 Å². The lowest BCUT2D eigenvalue weighted by Gasteiger charge is -2.34. The van der Waals surface area contributed by atoms with E-state index in [2.05, 4.69) is 10.1 Å². The van der Waals surface area contributed by atoms with E-state index in [4.69, 9.17) is 9.26 Å². The van der Waals surface area contributed by atoms with Gasteiger partial charge in [-0.05, 0) is 36.5 Å². The van der Waals surface area contributed by atoms with Gasteiger partial charge in [-0.25, -0.2) is 4.39 Å². The lowest BCUT2D eigenvalue weighted by Crippen LogP contribution is -2.45. The molecule has 4 rings (SSSR count). The largest absolute Gasteiger partial charge is 0.365 e. The Hall–Kier alpha value is -2.28. The van der Waals surface area contributed by atoms with Gasteiger partial charge >= 0.3 is 0 Å². The number of carbonyl (C=O) groups excluding carboxylic acids is 1. The number of carbonyl (C=O) groups is 1. The van der Waals surface area contributed by atoms with Crippen molar-refractivity contribution < 1.29 is 18.4 Å². The maximum absolute atomic E-state index is 13.3. The molecule has 6 nitrogen and oxygen atoms in total. The smallest absolute Gasteiger partial charge is 0.227 e. The SMILES string of the molecule is Cc1nc([C@@H]2C[C@H]3CCN(C(=O)Cc4cccc(F)c4)C[C@@H]3O2)no1. The molecular formula is C18H20FN3O3. The standard InChI is InChI=1S/C18H20FN3O3/c1-11-20-18(21-25-11)15-9-13-5-6-22(10-16(13)24-15)17(23)8-12-3-2-4-14(19)7-12/h2-4,7,13,15-16H,5-6,8-10H2,1H3/t13-,15+,16+/m1/s1. The summed E-state index contributed by atoms with van der Waals surface area (Å²) in [4.78, 5) is 18.6. The molecule has 0 spiro atoms. The number of nitrogens with zero attached hydrogens (tertiary/aromatic N) is 3. The second kappa shape index (κ2) is 6.55. The Morgan fingerprint density at radius 1 is 1.44 bits per heavy atom. The molecule has 2 aliphatic rings. The van der Waals surface area contributed by atoms with E-state index in [1.54, 1.807) is 19.1 Å². The summed E-state index contributed by atoms with van der Waals surface area (Å²) >= 11 is 0. The maximum atomic E-state index is 13.3. The van der Waals surface area contributed by atoms with Crippen molar-refractivity contribution in [3.05, 3.63) is 47.4 Å². The van der Waals surface area contributed by atoms with Crippen LogP contribution in [0.3, 0.4) is 0 Å². The lowest BCUT2D eigenvalue weighted by atomic mass is 9.91. The summed E-state index contributed by atoms with van der Waals surface area (Å²) < 4.78 is 24.4. The van der Waals surface area contributed by atoms with Gasteiger partial charge in [0.2, 0.25) is 17.6 Å². The molecule has 0 unspecified atom stereocenters. The van der Waals surface area contributed by atoms with E-state index >= 15 is 0 Å².